The molecule has 12 heteroatoms. The highest BCUT2D eigenvalue weighted by molar-refractivity contribution is 9.10. The number of halogens is 5. The number of rotatable bonds is 8. The second kappa shape index (κ2) is 11.9. The first-order valence-electron chi connectivity index (χ1n) is 9.53. The van der Waals surface area contributed by atoms with Gasteiger partial charge in [-0.2, -0.15) is 9.41 Å². The Labute approximate surface area is 225 Å². The number of hydrazone groups is 1. The van der Waals surface area contributed by atoms with Crippen LogP contribution in [0.3, 0.4) is 0 Å². The van der Waals surface area contributed by atoms with E-state index in [-0.39, 0.29) is 21.5 Å². The summed E-state index contributed by atoms with van der Waals surface area (Å²) in [4.78, 5) is 12.6. The summed E-state index contributed by atoms with van der Waals surface area (Å²) in [5.74, 6) is -0.667. The normalized spacial score (nSPS) is 11.8. The number of nitrogens with one attached hydrogen (secondary N) is 1. The van der Waals surface area contributed by atoms with E-state index in [1.54, 1.807) is 42.5 Å². The van der Waals surface area contributed by atoms with Gasteiger partial charge in [-0.15, -0.1) is 0 Å². The molecule has 0 saturated heterocycles. The third kappa shape index (κ3) is 6.95. The highest BCUT2D eigenvalue weighted by Crippen LogP contribution is 2.26. The fraction of sp³-hybridized carbons (Fsp3) is 0.0909. The molecule has 0 spiro atoms. The quantitative estimate of drug-likeness (QED) is 0.233. The summed E-state index contributed by atoms with van der Waals surface area (Å²) in [5.41, 5.74) is 3.28. The molecular weight excluding hydrogens is 608 g/mol. The van der Waals surface area contributed by atoms with Crippen LogP contribution in [0, 0.1) is 0 Å². The van der Waals surface area contributed by atoms with E-state index in [1.807, 2.05) is 0 Å². The highest BCUT2D eigenvalue weighted by atomic mass is 79.9. The van der Waals surface area contributed by atoms with E-state index >= 15 is 0 Å². The topological polar surface area (TPSA) is 78.8 Å². The summed E-state index contributed by atoms with van der Waals surface area (Å²) >= 11 is 27.5. The molecule has 0 fully saturated rings. The minimum absolute atomic E-state index is 0.0165. The Morgan fingerprint density at radius 3 is 2.38 bits per heavy atom. The number of sulfonamides is 1. The number of hydrogen-bond acceptors (Lipinski definition) is 4. The van der Waals surface area contributed by atoms with Crippen molar-refractivity contribution < 1.29 is 13.2 Å². The van der Waals surface area contributed by atoms with E-state index in [2.05, 4.69) is 26.5 Å². The number of carbonyl (C=O) groups excluding carboxylic acids is 1. The van der Waals surface area contributed by atoms with E-state index in [4.69, 9.17) is 46.4 Å². The van der Waals surface area contributed by atoms with Crippen molar-refractivity contribution in [2.45, 2.75) is 11.4 Å². The molecule has 1 N–H and O–H groups in total. The second-order valence-electron chi connectivity index (χ2n) is 6.90. The number of amides is 1. The van der Waals surface area contributed by atoms with Crippen LogP contribution < -0.4 is 5.43 Å². The van der Waals surface area contributed by atoms with Gasteiger partial charge >= 0.3 is 0 Å². The molecule has 6 nitrogen and oxygen atoms in total. The molecule has 0 bridgehead atoms. The molecule has 0 saturated carbocycles. The molecule has 3 aromatic rings. The van der Waals surface area contributed by atoms with Crippen LogP contribution in [0.25, 0.3) is 0 Å². The molecule has 0 aliphatic heterocycles. The summed E-state index contributed by atoms with van der Waals surface area (Å²) in [6.07, 6.45) is 1.32. The molecule has 0 heterocycles. The maximum absolute atomic E-state index is 13.3. The predicted molar refractivity (Wildman–Crippen MR) is 140 cm³/mol. The second-order valence-corrected chi connectivity index (χ2v) is 11.4. The third-order valence-electron chi connectivity index (χ3n) is 4.51. The lowest BCUT2D eigenvalue weighted by Gasteiger charge is -2.22. The van der Waals surface area contributed by atoms with Gasteiger partial charge in [0.1, 0.15) is 0 Å². The monoisotopic (exact) mass is 621 g/mol. The fourth-order valence-corrected chi connectivity index (χ4v) is 5.27. The van der Waals surface area contributed by atoms with Crippen LogP contribution in [0.5, 0.6) is 0 Å². The first-order valence-corrected chi connectivity index (χ1v) is 13.3. The molecule has 3 aromatic carbocycles. The van der Waals surface area contributed by atoms with Gasteiger partial charge in [0.25, 0.3) is 5.91 Å². The van der Waals surface area contributed by atoms with Crippen LogP contribution in [0.2, 0.25) is 20.1 Å². The first kappa shape index (κ1) is 26.9. The summed E-state index contributed by atoms with van der Waals surface area (Å²) in [5, 5.41) is 5.15. The van der Waals surface area contributed by atoms with Gasteiger partial charge in [-0.3, -0.25) is 4.79 Å². The van der Waals surface area contributed by atoms with Crippen molar-refractivity contribution in [2.24, 2.45) is 5.10 Å². The molecule has 3 rings (SSSR count). The lowest BCUT2D eigenvalue weighted by molar-refractivity contribution is -0.121. The molecule has 34 heavy (non-hydrogen) atoms. The number of nitrogens with zero attached hydrogens (tertiary/aromatic N) is 2. The van der Waals surface area contributed by atoms with Gasteiger partial charge in [-0.1, -0.05) is 80.5 Å². The molecule has 0 atom stereocenters. The van der Waals surface area contributed by atoms with E-state index < -0.39 is 22.5 Å². The summed E-state index contributed by atoms with van der Waals surface area (Å²) < 4.78 is 28.4. The zero-order valence-electron chi connectivity index (χ0n) is 17.2. The minimum Gasteiger partial charge on any atom is -0.272 e. The third-order valence-corrected chi connectivity index (χ3v) is 8.26. The largest absolute Gasteiger partial charge is 0.272 e. The summed E-state index contributed by atoms with van der Waals surface area (Å²) in [6.45, 7) is -0.677. The Morgan fingerprint density at radius 2 is 1.71 bits per heavy atom. The maximum atomic E-state index is 13.3. The molecular formula is C22H16BrCl4N3O3S. The highest BCUT2D eigenvalue weighted by Gasteiger charge is 2.27. The van der Waals surface area contributed by atoms with E-state index in [0.717, 1.165) is 4.31 Å². The van der Waals surface area contributed by atoms with Crippen LogP contribution in [0.15, 0.2) is 75.1 Å². The standard InChI is InChI=1S/C22H16BrCl4N3O3S/c23-16-5-8-18(9-6-16)34(32,33)30(12-15-4-7-17(24)10-20(15)26)13-21(31)29-28-11-14-2-1-3-19(25)22(14)27/h1-11H,12-13H2,(H,29,31)/b28-11+. The summed E-state index contributed by atoms with van der Waals surface area (Å²) in [6, 6.07) is 15.7. The molecule has 0 aliphatic rings. The number of hydrogen-bond donors (Lipinski definition) is 1. The minimum atomic E-state index is -4.06. The van der Waals surface area contributed by atoms with Gasteiger partial charge in [0.2, 0.25) is 10.0 Å². The van der Waals surface area contributed by atoms with Gasteiger partial charge in [0.05, 0.1) is 27.7 Å². The van der Waals surface area contributed by atoms with Crippen molar-refractivity contribution in [3.63, 3.8) is 0 Å². The van der Waals surface area contributed by atoms with Crippen LogP contribution >= 0.6 is 62.3 Å². The maximum Gasteiger partial charge on any atom is 0.255 e. The van der Waals surface area contributed by atoms with Crippen LogP contribution in [0.4, 0.5) is 0 Å². The summed E-state index contributed by atoms with van der Waals surface area (Å²) in [7, 11) is -4.06. The zero-order chi connectivity index (χ0) is 24.9. The van der Waals surface area contributed by atoms with E-state index in [9.17, 15) is 13.2 Å². The lowest BCUT2D eigenvalue weighted by atomic mass is 10.2. The van der Waals surface area contributed by atoms with Crippen molar-refractivity contribution in [3.05, 3.63) is 96.4 Å². The molecule has 0 aromatic heterocycles. The van der Waals surface area contributed by atoms with E-state index in [0.29, 0.717) is 25.6 Å². The smallest absolute Gasteiger partial charge is 0.255 e. The number of benzene rings is 3. The Kier molecular flexibility index (Phi) is 9.40. The SMILES string of the molecule is O=C(CN(Cc1ccc(Cl)cc1Cl)S(=O)(=O)c1ccc(Br)cc1)N/N=C/c1cccc(Cl)c1Cl. The average molecular weight is 624 g/mol. The van der Waals surface area contributed by atoms with Crippen molar-refractivity contribution in [3.8, 4) is 0 Å². The van der Waals surface area contributed by atoms with Gasteiger partial charge < -0.3 is 0 Å². The first-order chi connectivity index (χ1) is 16.1. The molecule has 178 valence electrons. The van der Waals surface area contributed by atoms with Crippen molar-refractivity contribution in [1.82, 2.24) is 9.73 Å². The van der Waals surface area contributed by atoms with Gasteiger partial charge in [-0.05, 0) is 48.0 Å². The molecule has 0 unspecified atom stereocenters. The Hall–Kier alpha value is -1.65. The predicted octanol–water partition coefficient (Wildman–Crippen LogP) is 6.40. The Bertz CT molecular complexity index is 1340. The van der Waals surface area contributed by atoms with Crippen LogP contribution in [0.1, 0.15) is 11.1 Å². The van der Waals surface area contributed by atoms with E-state index in [1.165, 1.54) is 24.4 Å². The van der Waals surface area contributed by atoms with Gasteiger partial charge in [0.15, 0.2) is 0 Å². The molecule has 0 radical (unpaired) electrons. The Balaban J connectivity index is 1.84. The van der Waals surface area contributed by atoms with Crippen LogP contribution in [-0.2, 0) is 21.4 Å². The lowest BCUT2D eigenvalue weighted by Crippen LogP contribution is -2.39. The van der Waals surface area contributed by atoms with Crippen molar-refractivity contribution in [2.75, 3.05) is 6.54 Å². The average Bonchev–Trinajstić information content (AvgIpc) is 2.78. The van der Waals surface area contributed by atoms with Gasteiger partial charge in [0, 0.05) is 26.6 Å². The number of carbonyl (C=O) groups is 1. The van der Waals surface area contributed by atoms with Crippen molar-refractivity contribution in [1.29, 1.82) is 0 Å². The van der Waals surface area contributed by atoms with Crippen molar-refractivity contribution >= 4 is 84.5 Å². The molecule has 1 amide bonds. The fourth-order valence-electron chi connectivity index (χ4n) is 2.81. The zero-order valence-corrected chi connectivity index (χ0v) is 22.6. The molecule has 0 aliphatic carbocycles. The van der Waals surface area contributed by atoms with Gasteiger partial charge in [-0.25, -0.2) is 13.8 Å². The van der Waals surface area contributed by atoms with Crippen LogP contribution in [-0.4, -0.2) is 31.4 Å². The Morgan fingerprint density at radius 1 is 1.00 bits per heavy atom.